The molecule has 29 heavy (non-hydrogen) atoms. The molecule has 4 rings (SSSR count). The Morgan fingerprint density at radius 1 is 1.21 bits per heavy atom. The number of carbonyl (C=O) groups excluding carboxylic acids is 3. The number of nitrogens with zero attached hydrogens (tertiary/aromatic N) is 1. The summed E-state index contributed by atoms with van der Waals surface area (Å²) in [6.45, 7) is 1.35. The number of carbonyl (C=O) groups is 3. The van der Waals surface area contributed by atoms with Gasteiger partial charge in [-0.05, 0) is 43.4 Å². The van der Waals surface area contributed by atoms with E-state index >= 15 is 0 Å². The number of benzene rings is 2. The minimum absolute atomic E-state index is 0.0946. The van der Waals surface area contributed by atoms with Crippen LogP contribution >= 0.6 is 15.9 Å². The van der Waals surface area contributed by atoms with Crippen LogP contribution in [0.15, 0.2) is 53.0 Å². The summed E-state index contributed by atoms with van der Waals surface area (Å²) < 4.78 is 0.723. The van der Waals surface area contributed by atoms with Gasteiger partial charge in [-0.2, -0.15) is 0 Å². The number of imide groups is 1. The molecular formula is C22H22BrN3O3. The molecule has 150 valence electrons. The van der Waals surface area contributed by atoms with Gasteiger partial charge in [0.05, 0.1) is 6.04 Å². The Bertz CT molecular complexity index is 993. The molecule has 4 amide bonds. The van der Waals surface area contributed by atoms with Gasteiger partial charge in [-0.15, -0.1) is 0 Å². The first-order valence-corrected chi connectivity index (χ1v) is 10.5. The zero-order chi connectivity index (χ0) is 20.6. The smallest absolute Gasteiger partial charge is 0.325 e. The van der Waals surface area contributed by atoms with Crippen LogP contribution in [-0.4, -0.2) is 29.3 Å². The molecule has 2 aromatic rings. The van der Waals surface area contributed by atoms with Gasteiger partial charge in [0.25, 0.3) is 5.91 Å². The molecule has 1 saturated heterocycles. The molecule has 0 spiro atoms. The van der Waals surface area contributed by atoms with E-state index in [1.54, 1.807) is 19.1 Å². The summed E-state index contributed by atoms with van der Waals surface area (Å²) in [5.74, 6) is -0.778. The number of hydrogen-bond acceptors (Lipinski definition) is 3. The van der Waals surface area contributed by atoms with Crippen LogP contribution in [0, 0.1) is 0 Å². The van der Waals surface area contributed by atoms with Crippen molar-refractivity contribution in [2.75, 3.05) is 6.54 Å². The summed E-state index contributed by atoms with van der Waals surface area (Å²) in [4.78, 5) is 39.2. The van der Waals surface area contributed by atoms with E-state index in [-0.39, 0.29) is 18.5 Å². The standard InChI is InChI=1S/C22H22BrN3O3/c1-22(16-10-4-5-11-17(16)23)20(28)26(21(29)25-22)13-19(27)24-18-12-6-8-14-7-2-3-9-15(14)18/h2-5,7,9-11,18H,6,8,12-13H2,1H3,(H,24,27)(H,25,29). The van der Waals surface area contributed by atoms with Crippen molar-refractivity contribution in [2.45, 2.75) is 37.8 Å². The Morgan fingerprint density at radius 2 is 1.93 bits per heavy atom. The molecule has 0 aromatic heterocycles. The van der Waals surface area contributed by atoms with Crippen molar-refractivity contribution in [1.82, 2.24) is 15.5 Å². The quantitative estimate of drug-likeness (QED) is 0.693. The summed E-state index contributed by atoms with van der Waals surface area (Å²) >= 11 is 3.44. The number of amides is 4. The molecule has 2 aliphatic rings. The molecule has 1 aliphatic carbocycles. The highest BCUT2D eigenvalue weighted by atomic mass is 79.9. The maximum atomic E-state index is 13.1. The van der Waals surface area contributed by atoms with Crippen molar-refractivity contribution in [3.8, 4) is 0 Å². The molecule has 2 atom stereocenters. The summed E-state index contributed by atoms with van der Waals surface area (Å²) in [7, 11) is 0. The lowest BCUT2D eigenvalue weighted by molar-refractivity contribution is -0.135. The van der Waals surface area contributed by atoms with Gasteiger partial charge in [-0.1, -0.05) is 58.4 Å². The van der Waals surface area contributed by atoms with Gasteiger partial charge in [-0.25, -0.2) is 4.79 Å². The molecule has 0 bridgehead atoms. The number of hydrogen-bond donors (Lipinski definition) is 2. The Balaban J connectivity index is 1.49. The fourth-order valence-corrected chi connectivity index (χ4v) is 4.86. The van der Waals surface area contributed by atoms with Crippen LogP contribution in [0.4, 0.5) is 4.79 Å². The zero-order valence-electron chi connectivity index (χ0n) is 16.1. The Labute approximate surface area is 177 Å². The van der Waals surface area contributed by atoms with Gasteiger partial charge in [0.1, 0.15) is 12.1 Å². The van der Waals surface area contributed by atoms with E-state index in [1.807, 2.05) is 30.3 Å². The summed E-state index contributed by atoms with van der Waals surface area (Å²) in [6, 6.07) is 14.6. The van der Waals surface area contributed by atoms with E-state index in [9.17, 15) is 14.4 Å². The summed E-state index contributed by atoms with van der Waals surface area (Å²) in [5, 5.41) is 5.74. The third-order valence-corrected chi connectivity index (χ3v) is 6.39. The second-order valence-electron chi connectivity index (χ2n) is 7.64. The van der Waals surface area contributed by atoms with Crippen molar-refractivity contribution in [3.05, 3.63) is 69.7 Å². The van der Waals surface area contributed by atoms with Gasteiger partial charge in [0.2, 0.25) is 5.91 Å². The molecule has 2 aromatic carbocycles. The normalized spacial score (nSPS) is 23.5. The maximum Gasteiger partial charge on any atom is 0.325 e. The average molecular weight is 456 g/mol. The molecular weight excluding hydrogens is 434 g/mol. The molecule has 7 heteroatoms. The van der Waals surface area contributed by atoms with Gasteiger partial charge < -0.3 is 10.6 Å². The topological polar surface area (TPSA) is 78.5 Å². The van der Waals surface area contributed by atoms with Crippen molar-refractivity contribution in [2.24, 2.45) is 0 Å². The first kappa shape index (κ1) is 19.6. The van der Waals surface area contributed by atoms with E-state index in [1.165, 1.54) is 5.56 Å². The van der Waals surface area contributed by atoms with Gasteiger partial charge in [0, 0.05) is 10.0 Å². The second kappa shape index (κ2) is 7.63. The number of fused-ring (bicyclic) bond motifs is 1. The lowest BCUT2D eigenvalue weighted by atomic mass is 9.88. The zero-order valence-corrected chi connectivity index (χ0v) is 17.7. The highest BCUT2D eigenvalue weighted by Gasteiger charge is 2.50. The van der Waals surface area contributed by atoms with Crippen LogP contribution in [0.2, 0.25) is 0 Å². The number of rotatable bonds is 4. The van der Waals surface area contributed by atoms with Crippen molar-refractivity contribution >= 4 is 33.8 Å². The number of nitrogens with one attached hydrogen (secondary N) is 2. The SMILES string of the molecule is CC1(c2ccccc2Br)NC(=O)N(CC(=O)NC2CCCc3ccccc32)C1=O. The maximum absolute atomic E-state index is 13.1. The van der Waals surface area contributed by atoms with Crippen molar-refractivity contribution < 1.29 is 14.4 Å². The molecule has 2 N–H and O–H groups in total. The van der Waals surface area contributed by atoms with Crippen molar-refractivity contribution in [3.63, 3.8) is 0 Å². The lowest BCUT2D eigenvalue weighted by Gasteiger charge is -2.27. The van der Waals surface area contributed by atoms with E-state index in [4.69, 9.17) is 0 Å². The molecule has 0 radical (unpaired) electrons. The number of halogens is 1. The Hall–Kier alpha value is -2.67. The molecule has 0 saturated carbocycles. The van der Waals surface area contributed by atoms with Gasteiger partial charge in [0.15, 0.2) is 0 Å². The molecule has 6 nitrogen and oxygen atoms in total. The molecule has 1 aliphatic heterocycles. The largest absolute Gasteiger partial charge is 0.348 e. The first-order valence-electron chi connectivity index (χ1n) is 9.66. The minimum atomic E-state index is -1.21. The lowest BCUT2D eigenvalue weighted by Crippen LogP contribution is -2.44. The monoisotopic (exact) mass is 455 g/mol. The van der Waals surface area contributed by atoms with E-state index in [0.717, 1.165) is 34.2 Å². The summed E-state index contributed by atoms with van der Waals surface area (Å²) in [6.07, 6.45) is 2.84. The Morgan fingerprint density at radius 3 is 2.72 bits per heavy atom. The molecule has 2 unspecified atom stereocenters. The van der Waals surface area contributed by atoms with E-state index in [0.29, 0.717) is 5.56 Å². The van der Waals surface area contributed by atoms with Gasteiger partial charge >= 0.3 is 6.03 Å². The number of urea groups is 1. The average Bonchev–Trinajstić information content (AvgIpc) is 2.92. The highest BCUT2D eigenvalue weighted by molar-refractivity contribution is 9.10. The van der Waals surface area contributed by atoms with E-state index < -0.39 is 17.5 Å². The van der Waals surface area contributed by atoms with Crippen LogP contribution in [0.25, 0.3) is 0 Å². The van der Waals surface area contributed by atoms with Crippen LogP contribution < -0.4 is 10.6 Å². The van der Waals surface area contributed by atoms with Crippen LogP contribution in [0.1, 0.15) is 42.5 Å². The summed E-state index contributed by atoms with van der Waals surface area (Å²) in [5.41, 5.74) is 1.79. The van der Waals surface area contributed by atoms with Gasteiger partial charge in [-0.3, -0.25) is 14.5 Å². The highest BCUT2D eigenvalue weighted by Crippen LogP contribution is 2.34. The fraction of sp³-hybridized carbons (Fsp3) is 0.318. The molecule has 1 fully saturated rings. The minimum Gasteiger partial charge on any atom is -0.348 e. The predicted octanol–water partition coefficient (Wildman–Crippen LogP) is 3.41. The predicted molar refractivity (Wildman–Crippen MR) is 112 cm³/mol. The van der Waals surface area contributed by atoms with Crippen LogP contribution in [-0.2, 0) is 21.5 Å². The number of aryl methyl sites for hydroxylation is 1. The van der Waals surface area contributed by atoms with Crippen molar-refractivity contribution in [1.29, 1.82) is 0 Å². The third kappa shape index (κ3) is 3.55. The fourth-order valence-electron chi connectivity index (χ4n) is 4.18. The van der Waals surface area contributed by atoms with E-state index in [2.05, 4.69) is 32.6 Å². The first-order chi connectivity index (χ1) is 13.9. The molecule has 1 heterocycles. The second-order valence-corrected chi connectivity index (χ2v) is 8.49. The Kier molecular flexibility index (Phi) is 5.17. The van der Waals surface area contributed by atoms with Crippen LogP contribution in [0.3, 0.4) is 0 Å². The third-order valence-electron chi connectivity index (χ3n) is 5.69. The van der Waals surface area contributed by atoms with Crippen LogP contribution in [0.5, 0.6) is 0 Å².